The highest BCUT2D eigenvalue weighted by Gasteiger charge is 2.28. The lowest BCUT2D eigenvalue weighted by molar-refractivity contribution is -0.148. The number of hydrogen-bond donors (Lipinski definition) is 1. The van der Waals surface area contributed by atoms with Crippen molar-refractivity contribution in [2.75, 3.05) is 6.61 Å². The third-order valence-electron chi connectivity index (χ3n) is 2.19. The van der Waals surface area contributed by atoms with E-state index in [1.54, 1.807) is 38.1 Å². The summed E-state index contributed by atoms with van der Waals surface area (Å²) in [5, 5.41) is 8.88. The maximum atomic E-state index is 10.8. The molecule has 0 amide bonds. The molecule has 0 aromatic heterocycles. The van der Waals surface area contributed by atoms with Gasteiger partial charge in [-0.1, -0.05) is 0 Å². The summed E-state index contributed by atoms with van der Waals surface area (Å²) < 4.78 is 5.33. The van der Waals surface area contributed by atoms with Crippen LogP contribution in [0, 0.1) is 5.41 Å². The minimum absolute atomic E-state index is 0.0861. The summed E-state index contributed by atoms with van der Waals surface area (Å²) in [4.78, 5) is 21.2. The molecule has 0 spiro atoms. The summed E-state index contributed by atoms with van der Waals surface area (Å²) in [5.74, 6) is -0.350. The Labute approximate surface area is 93.9 Å². The lowest BCUT2D eigenvalue weighted by atomic mass is 9.95. The van der Waals surface area contributed by atoms with E-state index in [2.05, 4.69) is 0 Å². The average molecular weight is 222 g/mol. The number of benzene rings is 1. The van der Waals surface area contributed by atoms with Crippen LogP contribution in [0.1, 0.15) is 24.2 Å². The summed E-state index contributed by atoms with van der Waals surface area (Å²) in [7, 11) is 0. The number of aliphatic carboxylic acids is 1. The van der Waals surface area contributed by atoms with Gasteiger partial charge < -0.3 is 9.84 Å². The van der Waals surface area contributed by atoms with E-state index in [-0.39, 0.29) is 6.61 Å². The molecule has 0 radical (unpaired) electrons. The van der Waals surface area contributed by atoms with Crippen molar-refractivity contribution in [3.63, 3.8) is 0 Å². The van der Waals surface area contributed by atoms with E-state index in [9.17, 15) is 9.59 Å². The van der Waals surface area contributed by atoms with Gasteiger partial charge in [-0.25, -0.2) is 0 Å². The first-order valence-corrected chi connectivity index (χ1v) is 4.87. The van der Waals surface area contributed by atoms with Crippen LogP contribution in [0.4, 0.5) is 0 Å². The normalized spacial score (nSPS) is 10.9. The highest BCUT2D eigenvalue weighted by atomic mass is 16.5. The Morgan fingerprint density at radius 2 is 1.94 bits per heavy atom. The van der Waals surface area contributed by atoms with Gasteiger partial charge in [-0.15, -0.1) is 0 Å². The quantitative estimate of drug-likeness (QED) is 0.774. The van der Waals surface area contributed by atoms with Crippen LogP contribution in [-0.2, 0) is 4.79 Å². The molecule has 0 aliphatic rings. The second kappa shape index (κ2) is 4.79. The number of carbonyl (C=O) groups excluding carboxylic acids is 1. The van der Waals surface area contributed by atoms with Crippen LogP contribution in [0.3, 0.4) is 0 Å². The zero-order valence-electron chi connectivity index (χ0n) is 9.27. The van der Waals surface area contributed by atoms with E-state index >= 15 is 0 Å². The summed E-state index contributed by atoms with van der Waals surface area (Å²) in [6, 6.07) is 6.52. The van der Waals surface area contributed by atoms with Gasteiger partial charge in [-0.2, -0.15) is 0 Å². The van der Waals surface area contributed by atoms with Gasteiger partial charge in [0, 0.05) is 5.56 Å². The molecular weight excluding hydrogens is 208 g/mol. The summed E-state index contributed by atoms with van der Waals surface area (Å²) in [5.41, 5.74) is -0.367. The molecule has 1 rings (SSSR count). The minimum atomic E-state index is -0.927. The summed E-state index contributed by atoms with van der Waals surface area (Å²) in [6.07, 6.45) is 0.741. The second-order valence-electron chi connectivity index (χ2n) is 4.16. The largest absolute Gasteiger partial charge is 0.492 e. The fraction of sp³-hybridized carbons (Fsp3) is 0.333. The smallest absolute Gasteiger partial charge is 0.312 e. The number of rotatable bonds is 5. The topological polar surface area (TPSA) is 63.6 Å². The van der Waals surface area contributed by atoms with E-state index < -0.39 is 11.4 Å². The van der Waals surface area contributed by atoms with Crippen molar-refractivity contribution in [2.45, 2.75) is 13.8 Å². The molecule has 86 valence electrons. The van der Waals surface area contributed by atoms with E-state index in [1.807, 2.05) is 0 Å². The molecule has 1 N–H and O–H groups in total. The van der Waals surface area contributed by atoms with Gasteiger partial charge in [0.1, 0.15) is 18.6 Å². The first kappa shape index (κ1) is 12.2. The Morgan fingerprint density at radius 1 is 1.38 bits per heavy atom. The van der Waals surface area contributed by atoms with Crippen molar-refractivity contribution in [1.29, 1.82) is 0 Å². The highest BCUT2D eigenvalue weighted by Crippen LogP contribution is 2.19. The molecule has 0 fully saturated rings. The highest BCUT2D eigenvalue weighted by molar-refractivity contribution is 5.75. The fourth-order valence-electron chi connectivity index (χ4n) is 0.968. The van der Waals surface area contributed by atoms with Crippen molar-refractivity contribution in [3.05, 3.63) is 29.8 Å². The monoisotopic (exact) mass is 222 g/mol. The average Bonchev–Trinajstić information content (AvgIpc) is 2.27. The lowest BCUT2D eigenvalue weighted by Gasteiger charge is -2.19. The van der Waals surface area contributed by atoms with Gasteiger partial charge in [0.05, 0.1) is 5.41 Å². The molecule has 0 unspecified atom stereocenters. The fourth-order valence-corrected chi connectivity index (χ4v) is 0.968. The first-order chi connectivity index (χ1) is 7.45. The maximum Gasteiger partial charge on any atom is 0.312 e. The van der Waals surface area contributed by atoms with Crippen LogP contribution < -0.4 is 4.74 Å². The molecule has 4 heteroatoms. The van der Waals surface area contributed by atoms with Crippen LogP contribution in [0.15, 0.2) is 24.3 Å². The van der Waals surface area contributed by atoms with Crippen molar-refractivity contribution in [3.8, 4) is 5.75 Å². The van der Waals surface area contributed by atoms with E-state index in [4.69, 9.17) is 9.84 Å². The van der Waals surface area contributed by atoms with Gasteiger partial charge in [0.15, 0.2) is 0 Å². The van der Waals surface area contributed by atoms with Crippen molar-refractivity contribution < 1.29 is 19.4 Å². The molecular formula is C12H14O4. The predicted molar refractivity (Wildman–Crippen MR) is 58.7 cm³/mol. The Kier molecular flexibility index (Phi) is 3.66. The lowest BCUT2D eigenvalue weighted by Crippen LogP contribution is -2.30. The Balaban J connectivity index is 2.61. The van der Waals surface area contributed by atoms with Crippen molar-refractivity contribution >= 4 is 12.3 Å². The van der Waals surface area contributed by atoms with Gasteiger partial charge in [0.25, 0.3) is 0 Å². The van der Waals surface area contributed by atoms with Gasteiger partial charge in [-0.3, -0.25) is 9.59 Å². The van der Waals surface area contributed by atoms with E-state index in [0.29, 0.717) is 11.3 Å². The van der Waals surface area contributed by atoms with Crippen LogP contribution in [0.25, 0.3) is 0 Å². The number of ether oxygens (including phenoxy) is 1. The molecule has 0 heterocycles. The molecule has 0 atom stereocenters. The molecule has 0 saturated carbocycles. The molecule has 0 aliphatic carbocycles. The Morgan fingerprint density at radius 3 is 2.38 bits per heavy atom. The second-order valence-corrected chi connectivity index (χ2v) is 4.16. The van der Waals surface area contributed by atoms with Gasteiger partial charge in [0.2, 0.25) is 0 Å². The third kappa shape index (κ3) is 3.08. The maximum absolute atomic E-state index is 10.8. The van der Waals surface area contributed by atoms with Crippen molar-refractivity contribution in [2.24, 2.45) is 5.41 Å². The van der Waals surface area contributed by atoms with Crippen LogP contribution in [0.5, 0.6) is 5.75 Å². The zero-order chi connectivity index (χ0) is 12.2. The number of carboxylic acids is 1. The number of aldehydes is 1. The number of carboxylic acid groups (broad SMARTS) is 1. The summed E-state index contributed by atoms with van der Waals surface area (Å²) in [6.45, 7) is 3.27. The third-order valence-corrected chi connectivity index (χ3v) is 2.19. The Bertz CT molecular complexity index is 379. The molecule has 4 nitrogen and oxygen atoms in total. The van der Waals surface area contributed by atoms with Crippen LogP contribution in [0.2, 0.25) is 0 Å². The molecule has 16 heavy (non-hydrogen) atoms. The zero-order valence-corrected chi connectivity index (χ0v) is 9.27. The molecule has 0 aliphatic heterocycles. The van der Waals surface area contributed by atoms with E-state index in [0.717, 1.165) is 6.29 Å². The molecule has 1 aromatic carbocycles. The van der Waals surface area contributed by atoms with Gasteiger partial charge in [-0.05, 0) is 38.1 Å². The number of hydrogen-bond acceptors (Lipinski definition) is 3. The Hall–Kier alpha value is -1.84. The van der Waals surface area contributed by atoms with Crippen molar-refractivity contribution in [1.82, 2.24) is 0 Å². The molecule has 1 aromatic rings. The summed E-state index contributed by atoms with van der Waals surface area (Å²) >= 11 is 0. The minimum Gasteiger partial charge on any atom is -0.492 e. The van der Waals surface area contributed by atoms with Gasteiger partial charge >= 0.3 is 5.97 Å². The van der Waals surface area contributed by atoms with E-state index in [1.165, 1.54) is 0 Å². The standard InChI is InChI=1S/C12H14O4/c1-12(2,11(14)15)8-16-10-5-3-9(7-13)4-6-10/h3-7H,8H2,1-2H3,(H,14,15). The number of carbonyl (C=O) groups is 2. The van der Waals surface area contributed by atoms with Crippen LogP contribution in [-0.4, -0.2) is 24.0 Å². The SMILES string of the molecule is CC(C)(COc1ccc(C=O)cc1)C(=O)O. The molecule has 0 saturated heterocycles. The molecule has 0 bridgehead atoms. The van der Waals surface area contributed by atoms with Crippen LogP contribution >= 0.6 is 0 Å². The first-order valence-electron chi connectivity index (χ1n) is 4.87. The predicted octanol–water partition coefficient (Wildman–Crippen LogP) is 1.99.